The second-order valence-corrected chi connectivity index (χ2v) is 9.59. The Morgan fingerprint density at radius 2 is 1.63 bits per heavy atom. The van der Waals surface area contributed by atoms with E-state index in [2.05, 4.69) is 32.0 Å². The highest BCUT2D eigenvalue weighted by atomic mass is 16.5. The van der Waals surface area contributed by atoms with Crippen LogP contribution in [0.15, 0.2) is 18.2 Å². The molecule has 0 N–H and O–H groups in total. The van der Waals surface area contributed by atoms with Crippen molar-refractivity contribution in [2.24, 2.45) is 5.41 Å². The Bertz CT molecular complexity index is 611. The number of hydrogen-bond acceptors (Lipinski definition) is 2. The Labute approximate surface area is 166 Å². The Balaban J connectivity index is 1.29. The summed E-state index contributed by atoms with van der Waals surface area (Å²) in [6, 6.07) is 7.12. The summed E-state index contributed by atoms with van der Waals surface area (Å²) in [6.45, 7) is 5.34. The molecule has 0 unspecified atom stereocenters. The highest BCUT2D eigenvalue weighted by Gasteiger charge is 2.44. The van der Waals surface area contributed by atoms with E-state index in [-0.39, 0.29) is 5.60 Å². The molecule has 2 aliphatic rings. The maximum atomic E-state index is 10.5. The van der Waals surface area contributed by atoms with Crippen molar-refractivity contribution in [2.45, 2.75) is 109 Å². The van der Waals surface area contributed by atoms with E-state index in [4.69, 9.17) is 4.74 Å². The third kappa shape index (κ3) is 6.66. The molecular weight excluding hydrogens is 332 g/mol. The molecule has 2 fully saturated rings. The molecule has 0 saturated heterocycles. The van der Waals surface area contributed by atoms with Crippen LogP contribution < -0.4 is 0 Å². The lowest BCUT2D eigenvalue weighted by molar-refractivity contribution is -0.135. The first kappa shape index (κ1) is 20.4. The van der Waals surface area contributed by atoms with Crippen LogP contribution in [0.5, 0.6) is 0 Å². The average molecular weight is 371 g/mol. The molecule has 3 rings (SSSR count). The average Bonchev–Trinajstić information content (AvgIpc) is 3.56. The standard InChI is InChI=1S/C25H38O2/c1-21-19-22(9-5-3-7-13-24(2)15-16-24)11-12-23(21)10-6-4-8-14-25(17-18-25)27-20-26/h11-12,19-20H,3-10,13-18H2,1-2H3. The van der Waals surface area contributed by atoms with Crippen molar-refractivity contribution in [3.05, 3.63) is 34.9 Å². The van der Waals surface area contributed by atoms with Crippen LogP contribution in [0.4, 0.5) is 0 Å². The van der Waals surface area contributed by atoms with Gasteiger partial charge in [-0.3, -0.25) is 4.79 Å². The fourth-order valence-corrected chi connectivity index (χ4v) is 4.32. The van der Waals surface area contributed by atoms with Gasteiger partial charge in [-0.1, -0.05) is 44.4 Å². The van der Waals surface area contributed by atoms with Crippen molar-refractivity contribution < 1.29 is 9.53 Å². The monoisotopic (exact) mass is 370 g/mol. The largest absolute Gasteiger partial charge is 0.461 e. The van der Waals surface area contributed by atoms with Gasteiger partial charge in [0.2, 0.25) is 0 Å². The van der Waals surface area contributed by atoms with Gasteiger partial charge in [0.05, 0.1) is 0 Å². The molecule has 0 spiro atoms. The molecule has 0 aliphatic heterocycles. The highest BCUT2D eigenvalue weighted by Crippen LogP contribution is 2.49. The summed E-state index contributed by atoms with van der Waals surface area (Å²) < 4.78 is 5.22. The Morgan fingerprint density at radius 1 is 0.926 bits per heavy atom. The molecule has 2 aliphatic carbocycles. The molecule has 0 heterocycles. The topological polar surface area (TPSA) is 26.3 Å². The van der Waals surface area contributed by atoms with Crippen molar-refractivity contribution >= 4 is 6.47 Å². The van der Waals surface area contributed by atoms with Gasteiger partial charge in [-0.2, -0.15) is 0 Å². The van der Waals surface area contributed by atoms with Crippen LogP contribution in [0, 0.1) is 12.3 Å². The third-order valence-electron chi connectivity index (χ3n) is 6.94. The van der Waals surface area contributed by atoms with E-state index < -0.39 is 0 Å². The molecule has 1 aromatic rings. The van der Waals surface area contributed by atoms with Crippen LogP contribution in [-0.4, -0.2) is 12.1 Å². The summed E-state index contributed by atoms with van der Waals surface area (Å²) in [5.41, 5.74) is 5.12. The molecule has 0 atom stereocenters. The fourth-order valence-electron chi connectivity index (χ4n) is 4.32. The van der Waals surface area contributed by atoms with Gasteiger partial charge in [0.1, 0.15) is 5.60 Å². The predicted molar refractivity (Wildman–Crippen MR) is 112 cm³/mol. The maximum Gasteiger partial charge on any atom is 0.293 e. The van der Waals surface area contributed by atoms with Crippen LogP contribution >= 0.6 is 0 Å². The molecule has 27 heavy (non-hydrogen) atoms. The number of benzene rings is 1. The number of aryl methyl sites for hydroxylation is 3. The summed E-state index contributed by atoms with van der Waals surface area (Å²) in [6.07, 6.45) is 17.7. The minimum Gasteiger partial charge on any atom is -0.461 e. The molecule has 0 amide bonds. The molecule has 0 bridgehead atoms. The first-order valence-corrected chi connectivity index (χ1v) is 11.2. The van der Waals surface area contributed by atoms with E-state index in [0.29, 0.717) is 6.47 Å². The van der Waals surface area contributed by atoms with Gasteiger partial charge in [0.25, 0.3) is 6.47 Å². The number of carbonyl (C=O) groups excluding carboxylic acids is 1. The van der Waals surface area contributed by atoms with Crippen molar-refractivity contribution in [3.63, 3.8) is 0 Å². The minimum atomic E-state index is -0.0737. The molecule has 150 valence electrons. The van der Waals surface area contributed by atoms with Crippen LogP contribution in [-0.2, 0) is 22.4 Å². The number of carbonyl (C=O) groups is 1. The number of rotatable bonds is 14. The molecule has 2 heteroatoms. The van der Waals surface area contributed by atoms with Gasteiger partial charge in [0.15, 0.2) is 0 Å². The maximum absolute atomic E-state index is 10.5. The van der Waals surface area contributed by atoms with Gasteiger partial charge >= 0.3 is 0 Å². The van der Waals surface area contributed by atoms with Crippen molar-refractivity contribution in [1.29, 1.82) is 0 Å². The normalized spacial score (nSPS) is 18.9. The van der Waals surface area contributed by atoms with Gasteiger partial charge in [-0.25, -0.2) is 0 Å². The Hall–Kier alpha value is -1.31. The van der Waals surface area contributed by atoms with Crippen molar-refractivity contribution in [2.75, 3.05) is 0 Å². The van der Waals surface area contributed by atoms with E-state index in [1.165, 1.54) is 87.3 Å². The van der Waals surface area contributed by atoms with Gasteiger partial charge < -0.3 is 4.74 Å². The smallest absolute Gasteiger partial charge is 0.293 e. The zero-order valence-corrected chi connectivity index (χ0v) is 17.5. The fraction of sp³-hybridized carbons (Fsp3) is 0.720. The van der Waals surface area contributed by atoms with Crippen LogP contribution in [0.25, 0.3) is 0 Å². The number of unbranched alkanes of at least 4 members (excludes halogenated alkanes) is 4. The molecular formula is C25H38O2. The summed E-state index contributed by atoms with van der Waals surface area (Å²) in [4.78, 5) is 10.5. The zero-order valence-electron chi connectivity index (χ0n) is 17.5. The SMILES string of the molecule is Cc1cc(CCCCCC2(C)CC2)ccc1CCCCCC1(OC=O)CC1. The van der Waals surface area contributed by atoms with E-state index in [9.17, 15) is 4.79 Å². The van der Waals surface area contributed by atoms with E-state index in [0.717, 1.165) is 24.7 Å². The first-order valence-electron chi connectivity index (χ1n) is 11.2. The zero-order chi connectivity index (χ0) is 19.2. The molecule has 2 nitrogen and oxygen atoms in total. The summed E-state index contributed by atoms with van der Waals surface area (Å²) >= 11 is 0. The second-order valence-electron chi connectivity index (χ2n) is 9.59. The first-order chi connectivity index (χ1) is 13.0. The lowest BCUT2D eigenvalue weighted by Crippen LogP contribution is -2.12. The minimum absolute atomic E-state index is 0.0737. The summed E-state index contributed by atoms with van der Waals surface area (Å²) in [7, 11) is 0. The Morgan fingerprint density at radius 3 is 2.26 bits per heavy atom. The van der Waals surface area contributed by atoms with Gasteiger partial charge in [0, 0.05) is 0 Å². The summed E-state index contributed by atoms with van der Waals surface area (Å²) in [5, 5.41) is 0. The summed E-state index contributed by atoms with van der Waals surface area (Å²) in [5.74, 6) is 0. The number of hydrogen-bond donors (Lipinski definition) is 0. The van der Waals surface area contributed by atoms with E-state index >= 15 is 0 Å². The Kier molecular flexibility index (Phi) is 7.00. The van der Waals surface area contributed by atoms with Gasteiger partial charge in [-0.05, 0) is 99.7 Å². The quantitative estimate of drug-likeness (QED) is 0.269. The third-order valence-corrected chi connectivity index (χ3v) is 6.94. The predicted octanol–water partition coefficient (Wildman–Crippen LogP) is 6.71. The van der Waals surface area contributed by atoms with Crippen molar-refractivity contribution in [1.82, 2.24) is 0 Å². The molecule has 0 radical (unpaired) electrons. The molecule has 2 saturated carbocycles. The van der Waals surface area contributed by atoms with Crippen LogP contribution in [0.2, 0.25) is 0 Å². The lowest BCUT2D eigenvalue weighted by Gasteiger charge is -2.13. The van der Waals surface area contributed by atoms with Crippen LogP contribution in [0.3, 0.4) is 0 Å². The van der Waals surface area contributed by atoms with Crippen LogP contribution in [0.1, 0.15) is 101 Å². The van der Waals surface area contributed by atoms with Crippen molar-refractivity contribution in [3.8, 4) is 0 Å². The van der Waals surface area contributed by atoms with Gasteiger partial charge in [-0.15, -0.1) is 0 Å². The lowest BCUT2D eigenvalue weighted by atomic mass is 9.96. The molecule has 1 aromatic carbocycles. The molecule has 0 aromatic heterocycles. The van der Waals surface area contributed by atoms with E-state index in [1.807, 2.05) is 0 Å². The number of ether oxygens (including phenoxy) is 1. The second kappa shape index (κ2) is 9.26. The highest BCUT2D eigenvalue weighted by molar-refractivity contribution is 5.39. The van der Waals surface area contributed by atoms with E-state index in [1.54, 1.807) is 0 Å².